The number of carboxylic acid groups (broad SMARTS) is 4. The van der Waals surface area contributed by atoms with Crippen molar-refractivity contribution in [1.82, 2.24) is 31.9 Å². The van der Waals surface area contributed by atoms with Crippen LogP contribution in [0.4, 0.5) is 0 Å². The third-order valence-corrected chi connectivity index (χ3v) is 18.2. The van der Waals surface area contributed by atoms with Gasteiger partial charge in [-0.15, -0.1) is 0 Å². The van der Waals surface area contributed by atoms with Crippen molar-refractivity contribution in [3.63, 3.8) is 0 Å². The van der Waals surface area contributed by atoms with Crippen molar-refractivity contribution in [2.75, 3.05) is 110 Å². The molecule has 0 aliphatic heterocycles. The number of hydrogen-bond donors (Lipinski definition) is 10. The van der Waals surface area contributed by atoms with Gasteiger partial charge in [-0.1, -0.05) is 21.6 Å². The summed E-state index contributed by atoms with van der Waals surface area (Å²) in [5.74, 6) is -6.68. The number of rotatable bonds is 45. The number of hydrogen-bond acceptors (Lipinski definition) is 20. The molecule has 2 aliphatic carbocycles. The molecule has 0 spiro atoms. The molecule has 0 aromatic heterocycles. The molecule has 24 nitrogen and oxygen atoms in total. The van der Waals surface area contributed by atoms with E-state index in [4.69, 9.17) is 19.7 Å². The number of carbonyl (C=O) groups excluding carboxylic acids is 4. The standard InChI is InChI=1S/C44H66N6O18S6/c51-37(11-9-33(43(59)60)45-13-21-73(63,64)23-19-69-17-15-67-27-31-5-1-2-6-31)49-35(41(57)47-25-39(53)54)29-71-72-30-36(42(58)48-26-40(55)56)50-38(52)12-10-34(44(61)62)46-14-22-74(65,66)24-20-70-18-16-68-28-32-7-3-4-8-32/h1-8,33-36,45-46H,9-30H2,(H,47,57)(H,48,58)(H,49,51)(H,50,52)(H,53,54)(H,55,56)(H,59,60)(H,61,62)/t33-,34-,35-,36-/m0/s1. The highest BCUT2D eigenvalue weighted by Crippen LogP contribution is 2.25. The van der Waals surface area contributed by atoms with Crippen LogP contribution in [0.2, 0.25) is 0 Å². The van der Waals surface area contributed by atoms with E-state index in [-0.39, 0.29) is 60.4 Å². The minimum atomic E-state index is -3.55. The second kappa shape index (κ2) is 38.4. The molecular weight excluding hydrogens is 1090 g/mol. The largest absolute Gasteiger partial charge is 0.480 e. The van der Waals surface area contributed by atoms with Crippen molar-refractivity contribution in [1.29, 1.82) is 0 Å². The summed E-state index contributed by atoms with van der Waals surface area (Å²) >= 11 is 2.80. The number of amides is 4. The predicted molar refractivity (Wildman–Crippen MR) is 282 cm³/mol. The van der Waals surface area contributed by atoms with Gasteiger partial charge in [0.1, 0.15) is 37.3 Å². The Balaban J connectivity index is 1.84. The SMILES string of the molecule is O=C(O)CNC(=O)[C@H](CSSC[C@H](NC(=O)CC[C@H](NCCS(=O)(=O)CCSCCOC[C]1[CH][CH][CH][CH]1)C(=O)O)C(=O)NCC(=O)O)NC(=O)CC[C@H](NCCS(=O)(=O)CCSCCOC[C]1[CH][CH][CH][CH]1)C(=O)O. The van der Waals surface area contributed by atoms with Gasteiger partial charge in [-0.3, -0.25) is 38.4 Å². The smallest absolute Gasteiger partial charge is 0.322 e. The summed E-state index contributed by atoms with van der Waals surface area (Å²) in [4.78, 5) is 98.1. The van der Waals surface area contributed by atoms with E-state index in [2.05, 4.69) is 31.9 Å². The van der Waals surface area contributed by atoms with E-state index < -0.39 is 117 Å². The molecule has 0 bridgehead atoms. The lowest BCUT2D eigenvalue weighted by atomic mass is 10.1. The lowest BCUT2D eigenvalue weighted by molar-refractivity contribution is -0.141. The molecule has 30 heteroatoms. The van der Waals surface area contributed by atoms with Gasteiger partial charge < -0.3 is 61.8 Å². The molecule has 0 aromatic rings. The van der Waals surface area contributed by atoms with Gasteiger partial charge in [0.15, 0.2) is 19.7 Å². The number of nitrogens with one attached hydrogen (secondary N) is 6. The van der Waals surface area contributed by atoms with Crippen LogP contribution >= 0.6 is 45.1 Å². The molecular formula is C44H66N6O18S6. The van der Waals surface area contributed by atoms with Crippen LogP contribution in [0.3, 0.4) is 0 Å². The van der Waals surface area contributed by atoms with Crippen LogP contribution in [0.5, 0.6) is 0 Å². The molecule has 4 atom stereocenters. The fourth-order valence-corrected chi connectivity index (χ4v) is 13.5. The molecule has 2 rings (SSSR count). The number of ether oxygens (including phenoxy) is 2. The Hall–Kier alpha value is -3.10. The first kappa shape index (κ1) is 67.0. The zero-order valence-electron chi connectivity index (χ0n) is 40.4. The third kappa shape index (κ3) is 33.1. The van der Waals surface area contributed by atoms with Crippen LogP contribution in [0.15, 0.2) is 0 Å². The summed E-state index contributed by atoms with van der Waals surface area (Å²) in [7, 11) is -5.32. The zero-order chi connectivity index (χ0) is 54.8. The monoisotopic (exact) mass is 1160 g/mol. The Morgan fingerprint density at radius 1 is 0.514 bits per heavy atom. The van der Waals surface area contributed by atoms with E-state index in [0.717, 1.165) is 33.4 Å². The van der Waals surface area contributed by atoms with Gasteiger partial charge >= 0.3 is 23.9 Å². The molecule has 74 heavy (non-hydrogen) atoms. The second-order valence-electron chi connectivity index (χ2n) is 16.0. The number of aliphatic carboxylic acids is 4. The zero-order valence-corrected chi connectivity index (χ0v) is 45.3. The Bertz CT molecular complexity index is 1840. The molecule has 416 valence electrons. The van der Waals surface area contributed by atoms with Gasteiger partial charge in [0.2, 0.25) is 23.6 Å². The van der Waals surface area contributed by atoms with Gasteiger partial charge in [-0.05, 0) is 64.2 Å². The minimum Gasteiger partial charge on any atom is -0.480 e. The van der Waals surface area contributed by atoms with Crippen molar-refractivity contribution in [3.8, 4) is 0 Å². The van der Waals surface area contributed by atoms with Gasteiger partial charge in [-0.25, -0.2) is 16.8 Å². The first-order valence-electron chi connectivity index (χ1n) is 23.0. The van der Waals surface area contributed by atoms with Crippen molar-refractivity contribution in [2.45, 2.75) is 49.9 Å². The fraction of sp³-hybridized carbons (Fsp3) is 0.591. The Morgan fingerprint density at radius 2 is 0.878 bits per heavy atom. The van der Waals surface area contributed by atoms with Crippen molar-refractivity contribution in [2.24, 2.45) is 0 Å². The van der Waals surface area contributed by atoms with E-state index in [1.807, 2.05) is 51.4 Å². The molecule has 10 radical (unpaired) electrons. The van der Waals surface area contributed by atoms with E-state index in [1.54, 1.807) is 0 Å². The minimum absolute atomic E-state index is 0.141. The van der Waals surface area contributed by atoms with Gasteiger partial charge in [0.25, 0.3) is 0 Å². The summed E-state index contributed by atoms with van der Waals surface area (Å²) < 4.78 is 61.4. The second-order valence-corrected chi connectivity index (χ2v) is 25.6. The van der Waals surface area contributed by atoms with E-state index in [9.17, 15) is 65.4 Å². The van der Waals surface area contributed by atoms with Crippen LogP contribution < -0.4 is 31.9 Å². The van der Waals surface area contributed by atoms with E-state index in [1.165, 1.54) is 23.5 Å². The van der Waals surface area contributed by atoms with E-state index >= 15 is 0 Å². The molecule has 2 aliphatic rings. The molecule has 0 saturated heterocycles. The number of carbonyl (C=O) groups is 8. The van der Waals surface area contributed by atoms with Crippen molar-refractivity contribution >= 4 is 112 Å². The Labute approximate surface area is 450 Å². The molecule has 10 N–H and O–H groups in total. The van der Waals surface area contributed by atoms with Gasteiger partial charge in [-0.2, -0.15) is 23.5 Å². The Kier molecular flexibility index (Phi) is 34.8. The quantitative estimate of drug-likeness (QED) is 0.0246. The van der Waals surface area contributed by atoms with Gasteiger partial charge in [0, 0.05) is 72.3 Å². The topological polar surface area (TPSA) is 376 Å². The predicted octanol–water partition coefficient (Wildman–Crippen LogP) is -1.48. The van der Waals surface area contributed by atoms with Crippen molar-refractivity contribution < 1.29 is 85.1 Å². The molecule has 2 fully saturated rings. The summed E-state index contributed by atoms with van der Waals surface area (Å²) in [6.07, 6.45) is 13.8. The van der Waals surface area contributed by atoms with Crippen LogP contribution in [-0.2, 0) is 67.5 Å². The summed E-state index contributed by atoms with van der Waals surface area (Å²) in [5.41, 5.74) is 0. The molecule has 0 aromatic carbocycles. The lowest BCUT2D eigenvalue weighted by Gasteiger charge is -2.20. The maximum Gasteiger partial charge on any atom is 0.322 e. The maximum atomic E-state index is 13.0. The van der Waals surface area contributed by atoms with Crippen molar-refractivity contribution in [3.05, 3.63) is 63.2 Å². The molecule has 0 heterocycles. The average molecular weight is 1160 g/mol. The number of thioether (sulfide) groups is 2. The maximum absolute atomic E-state index is 13.0. The van der Waals surface area contributed by atoms with Crippen LogP contribution in [0.1, 0.15) is 25.7 Å². The highest BCUT2D eigenvalue weighted by molar-refractivity contribution is 8.76. The first-order chi connectivity index (χ1) is 35.2. The third-order valence-electron chi connectivity index (χ3n) is 10.0. The highest BCUT2D eigenvalue weighted by atomic mass is 33.1. The number of carboxylic acids is 4. The molecule has 4 amide bonds. The van der Waals surface area contributed by atoms with Crippen LogP contribution in [0.25, 0.3) is 0 Å². The van der Waals surface area contributed by atoms with Gasteiger partial charge in [0.05, 0.1) is 49.4 Å². The first-order valence-corrected chi connectivity index (χ1v) is 31.5. The summed E-state index contributed by atoms with van der Waals surface area (Å²) in [6, 6.07) is -5.50. The van der Waals surface area contributed by atoms with Crippen LogP contribution in [-0.4, -0.2) is 219 Å². The summed E-state index contributed by atoms with van der Waals surface area (Å²) in [5, 5.41) is 51.9. The van der Waals surface area contributed by atoms with Crippen LogP contribution in [0, 0.1) is 63.2 Å². The highest BCUT2D eigenvalue weighted by Gasteiger charge is 2.28. The normalized spacial score (nSPS) is 15.9. The average Bonchev–Trinajstić information content (AvgIpc) is 4.07. The fourth-order valence-electron chi connectivity index (χ4n) is 6.07. The van der Waals surface area contributed by atoms with E-state index in [0.29, 0.717) is 49.4 Å². The molecule has 2 saturated carbocycles. The molecule has 0 unspecified atom stereocenters. The summed E-state index contributed by atoms with van der Waals surface area (Å²) in [6.45, 7) is -0.289. The Morgan fingerprint density at radius 3 is 1.22 bits per heavy atom. The lowest BCUT2D eigenvalue weighted by Crippen LogP contribution is -2.50. The number of sulfone groups is 2.